The lowest BCUT2D eigenvalue weighted by molar-refractivity contribution is 0.0213. The summed E-state index contributed by atoms with van der Waals surface area (Å²) in [4.78, 5) is 17.8. The van der Waals surface area contributed by atoms with Crippen LogP contribution in [0.1, 0.15) is 56.9 Å². The molecule has 1 aliphatic rings. The number of halogens is 1. The predicted octanol–water partition coefficient (Wildman–Crippen LogP) is 4.73. The molecule has 1 unspecified atom stereocenters. The lowest BCUT2D eigenvalue weighted by atomic mass is 9.77. The van der Waals surface area contributed by atoms with Gasteiger partial charge in [-0.25, -0.2) is 4.39 Å². The highest BCUT2D eigenvalue weighted by Gasteiger charge is 2.41. The Balaban J connectivity index is 1.73. The van der Waals surface area contributed by atoms with Crippen LogP contribution in [0.15, 0.2) is 36.5 Å². The summed E-state index contributed by atoms with van der Waals surface area (Å²) in [6.45, 7) is 7.97. The number of hydrogen-bond donors (Lipinski definition) is 1. The van der Waals surface area contributed by atoms with Gasteiger partial charge in [0.25, 0.3) is 0 Å². The molecule has 1 aliphatic heterocycles. The minimum atomic E-state index is -1.42. The van der Waals surface area contributed by atoms with Crippen LogP contribution in [-0.4, -0.2) is 51.3 Å². The van der Waals surface area contributed by atoms with E-state index >= 15 is 0 Å². The van der Waals surface area contributed by atoms with Crippen molar-refractivity contribution in [2.24, 2.45) is 5.41 Å². The minimum absolute atomic E-state index is 0.0331. The Labute approximate surface area is 192 Å². The summed E-state index contributed by atoms with van der Waals surface area (Å²) in [5.41, 5.74) is 2.69. The number of fused-ring (bicyclic) bond motifs is 1. The largest absolute Gasteiger partial charge is 0.461 e. The molecule has 7 nitrogen and oxygen atoms in total. The summed E-state index contributed by atoms with van der Waals surface area (Å²) in [5, 5.41) is 15.1. The number of pyridine rings is 1. The first-order valence-electron chi connectivity index (χ1n) is 11.3. The van der Waals surface area contributed by atoms with Gasteiger partial charge in [-0.05, 0) is 45.4 Å². The predicted molar refractivity (Wildman–Crippen MR) is 123 cm³/mol. The Hall–Kier alpha value is -2.84. The van der Waals surface area contributed by atoms with Gasteiger partial charge in [-0.2, -0.15) is 5.10 Å². The molecule has 4 rings (SSSR count). The summed E-state index contributed by atoms with van der Waals surface area (Å²) in [7, 11) is 0. The van der Waals surface area contributed by atoms with Crippen molar-refractivity contribution in [2.45, 2.75) is 59.0 Å². The molecule has 8 heteroatoms. The third-order valence-electron chi connectivity index (χ3n) is 6.30. The van der Waals surface area contributed by atoms with Gasteiger partial charge in [0.1, 0.15) is 17.0 Å². The fourth-order valence-electron chi connectivity index (χ4n) is 4.33. The SMILES string of the molecule is CC(F)Oc1cccc(-c2nn(C(C)C)c3cc(C(=O)C[C@@]4([C@H](C)O)CCOC4)cnc23)c1. The number of aliphatic hydroxyl groups excluding tert-OH is 1. The van der Waals surface area contributed by atoms with Crippen molar-refractivity contribution in [3.05, 3.63) is 42.1 Å². The number of nitrogens with zero attached hydrogens (tertiary/aromatic N) is 3. The van der Waals surface area contributed by atoms with Crippen molar-refractivity contribution in [1.29, 1.82) is 0 Å². The smallest absolute Gasteiger partial charge is 0.235 e. The van der Waals surface area contributed by atoms with E-state index in [1.54, 1.807) is 31.3 Å². The molecule has 3 aromatic rings. The van der Waals surface area contributed by atoms with Gasteiger partial charge in [0.2, 0.25) is 6.36 Å². The lowest BCUT2D eigenvalue weighted by Crippen LogP contribution is -2.36. The number of alkyl halides is 1. The molecule has 0 spiro atoms. The molecule has 3 atom stereocenters. The van der Waals surface area contributed by atoms with Crippen molar-refractivity contribution >= 4 is 16.8 Å². The molecular weight excluding hydrogens is 425 g/mol. The van der Waals surface area contributed by atoms with E-state index in [1.165, 1.54) is 6.92 Å². The molecule has 1 N–H and O–H groups in total. The molecule has 3 heterocycles. The molecule has 0 radical (unpaired) electrons. The van der Waals surface area contributed by atoms with Crippen molar-refractivity contribution in [3.63, 3.8) is 0 Å². The highest BCUT2D eigenvalue weighted by Crippen LogP contribution is 2.38. The van der Waals surface area contributed by atoms with Crippen molar-refractivity contribution < 1.29 is 23.8 Å². The fraction of sp³-hybridized carbons (Fsp3) is 0.480. The van der Waals surface area contributed by atoms with Gasteiger partial charge in [-0.15, -0.1) is 0 Å². The van der Waals surface area contributed by atoms with E-state index in [2.05, 4.69) is 4.98 Å². The maximum atomic E-state index is 13.3. The standard InChI is InChI=1S/C25H30FN3O4/c1-15(2)29-21-11-19(22(31)12-25(16(3)30)8-9-32-14-25)13-27-24(21)23(28-29)18-6-5-7-20(10-18)33-17(4)26/h5-7,10-11,13,15-17,30H,8-9,12,14H2,1-4H3/t16-,17?,25-/m0/s1. The Morgan fingerprint density at radius 2 is 2.09 bits per heavy atom. The van der Waals surface area contributed by atoms with E-state index in [0.717, 1.165) is 11.1 Å². The molecule has 2 aromatic heterocycles. The first-order valence-corrected chi connectivity index (χ1v) is 11.3. The van der Waals surface area contributed by atoms with Gasteiger partial charge in [0, 0.05) is 48.7 Å². The Morgan fingerprint density at radius 1 is 1.30 bits per heavy atom. The van der Waals surface area contributed by atoms with Crippen LogP contribution in [0.2, 0.25) is 0 Å². The molecule has 176 valence electrons. The topological polar surface area (TPSA) is 86.5 Å². The zero-order valence-corrected chi connectivity index (χ0v) is 19.4. The Bertz CT molecular complexity index is 1150. The van der Waals surface area contributed by atoms with Gasteiger partial charge in [0.05, 0.1) is 18.2 Å². The van der Waals surface area contributed by atoms with Crippen LogP contribution in [-0.2, 0) is 4.74 Å². The molecule has 1 fully saturated rings. The van der Waals surface area contributed by atoms with Gasteiger partial charge >= 0.3 is 0 Å². The molecular formula is C25H30FN3O4. The van der Waals surface area contributed by atoms with Crippen LogP contribution in [0.5, 0.6) is 5.75 Å². The van der Waals surface area contributed by atoms with E-state index in [-0.39, 0.29) is 18.2 Å². The Morgan fingerprint density at radius 3 is 2.73 bits per heavy atom. The molecule has 1 aromatic carbocycles. The van der Waals surface area contributed by atoms with Crippen molar-refractivity contribution in [2.75, 3.05) is 13.2 Å². The van der Waals surface area contributed by atoms with Gasteiger partial charge in [-0.3, -0.25) is 14.5 Å². The minimum Gasteiger partial charge on any atom is -0.461 e. The highest BCUT2D eigenvalue weighted by molar-refractivity contribution is 6.00. The summed E-state index contributed by atoms with van der Waals surface area (Å²) in [6.07, 6.45) is 0.343. The zero-order chi connectivity index (χ0) is 23.8. The summed E-state index contributed by atoms with van der Waals surface area (Å²) in [5.74, 6) is 0.324. The van der Waals surface area contributed by atoms with E-state index in [0.29, 0.717) is 42.2 Å². The van der Waals surface area contributed by atoms with E-state index in [9.17, 15) is 14.3 Å². The van der Waals surface area contributed by atoms with Gasteiger partial charge in [-0.1, -0.05) is 12.1 Å². The van der Waals surface area contributed by atoms with E-state index in [4.69, 9.17) is 14.6 Å². The van der Waals surface area contributed by atoms with Crippen LogP contribution in [0.25, 0.3) is 22.3 Å². The quantitative estimate of drug-likeness (QED) is 0.494. The highest BCUT2D eigenvalue weighted by atomic mass is 19.1. The van der Waals surface area contributed by atoms with Crippen molar-refractivity contribution in [3.8, 4) is 17.0 Å². The van der Waals surface area contributed by atoms with Crippen LogP contribution < -0.4 is 4.74 Å². The molecule has 0 amide bonds. The number of aromatic nitrogens is 3. The normalized spacial score (nSPS) is 20.3. The number of hydrogen-bond acceptors (Lipinski definition) is 6. The maximum absolute atomic E-state index is 13.3. The molecule has 0 aliphatic carbocycles. The fourth-order valence-corrected chi connectivity index (χ4v) is 4.33. The maximum Gasteiger partial charge on any atom is 0.235 e. The second-order valence-electron chi connectivity index (χ2n) is 9.11. The van der Waals surface area contributed by atoms with E-state index < -0.39 is 17.9 Å². The number of ether oxygens (including phenoxy) is 2. The Kier molecular flexibility index (Phi) is 6.50. The van der Waals surface area contributed by atoms with Crippen LogP contribution in [0.4, 0.5) is 4.39 Å². The second kappa shape index (κ2) is 9.19. The third-order valence-corrected chi connectivity index (χ3v) is 6.30. The first kappa shape index (κ1) is 23.3. The van der Waals surface area contributed by atoms with Crippen molar-refractivity contribution in [1.82, 2.24) is 14.8 Å². The number of carbonyl (C=O) groups excluding carboxylic acids is 1. The monoisotopic (exact) mass is 455 g/mol. The van der Waals surface area contributed by atoms with Crippen LogP contribution in [0, 0.1) is 5.41 Å². The average molecular weight is 456 g/mol. The number of carbonyl (C=O) groups is 1. The van der Waals surface area contributed by atoms with E-state index in [1.807, 2.05) is 30.7 Å². The summed E-state index contributed by atoms with van der Waals surface area (Å²) < 4.78 is 25.8. The lowest BCUT2D eigenvalue weighted by Gasteiger charge is -2.29. The number of benzene rings is 1. The van der Waals surface area contributed by atoms with Gasteiger partial charge < -0.3 is 14.6 Å². The van der Waals surface area contributed by atoms with Gasteiger partial charge in [0.15, 0.2) is 5.78 Å². The van der Waals surface area contributed by atoms with Crippen LogP contribution in [0.3, 0.4) is 0 Å². The summed E-state index contributed by atoms with van der Waals surface area (Å²) in [6, 6.07) is 8.92. The average Bonchev–Trinajstić information content (AvgIpc) is 3.38. The second-order valence-corrected chi connectivity index (χ2v) is 9.11. The first-order chi connectivity index (χ1) is 15.7. The number of aliphatic hydroxyl groups is 1. The molecule has 1 saturated heterocycles. The molecule has 0 saturated carbocycles. The third kappa shape index (κ3) is 4.63. The molecule has 33 heavy (non-hydrogen) atoms. The summed E-state index contributed by atoms with van der Waals surface area (Å²) >= 11 is 0. The zero-order valence-electron chi connectivity index (χ0n) is 19.4. The number of rotatable bonds is 8. The number of ketones is 1. The number of Topliss-reactive ketones (excluding diaryl/α,β-unsaturated/α-hetero) is 1. The van der Waals surface area contributed by atoms with Crippen LogP contribution >= 0.6 is 0 Å². The molecule has 0 bridgehead atoms.